The Hall–Kier alpha value is -3.32. The first-order chi connectivity index (χ1) is 15.2. The molecule has 8 nitrogen and oxygen atoms in total. The van der Waals surface area contributed by atoms with Gasteiger partial charge in [0, 0.05) is 66.0 Å². The van der Waals surface area contributed by atoms with E-state index in [0.29, 0.717) is 22.3 Å². The second-order valence-electron chi connectivity index (χ2n) is 6.63. The van der Waals surface area contributed by atoms with Gasteiger partial charge in [-0.1, -0.05) is 0 Å². The summed E-state index contributed by atoms with van der Waals surface area (Å²) in [5.74, 6) is -4.95. The van der Waals surface area contributed by atoms with E-state index in [1.807, 2.05) is 0 Å². The van der Waals surface area contributed by atoms with E-state index in [-0.39, 0.29) is 41.8 Å². The van der Waals surface area contributed by atoms with Crippen molar-refractivity contribution >= 4 is 69.2 Å². The van der Waals surface area contributed by atoms with Gasteiger partial charge in [0.1, 0.15) is 19.5 Å². The zero-order valence-corrected chi connectivity index (χ0v) is 18.6. The van der Waals surface area contributed by atoms with Gasteiger partial charge in [-0.15, -0.1) is 45.3 Å². The van der Waals surface area contributed by atoms with Gasteiger partial charge in [-0.05, 0) is 0 Å². The van der Waals surface area contributed by atoms with Crippen LogP contribution in [0.2, 0.25) is 0 Å². The van der Waals surface area contributed by atoms with Crippen molar-refractivity contribution < 1.29 is 39.6 Å². The summed E-state index contributed by atoms with van der Waals surface area (Å²) in [7, 11) is 0. The fourth-order valence-electron chi connectivity index (χ4n) is 3.85. The molecule has 160 valence electrons. The molecule has 0 saturated heterocycles. The molecule has 5 rings (SSSR count). The summed E-state index contributed by atoms with van der Waals surface area (Å²) < 4.78 is 0. The van der Waals surface area contributed by atoms with Crippen LogP contribution < -0.4 is 0 Å². The lowest BCUT2D eigenvalue weighted by Gasteiger charge is -2.16. The Morgan fingerprint density at radius 2 is 0.625 bits per heavy atom. The van der Waals surface area contributed by atoms with E-state index in [1.54, 1.807) is 21.5 Å². The maximum atomic E-state index is 12.0. The lowest BCUT2D eigenvalue weighted by molar-refractivity contribution is 0.0689. The normalized spacial score (nSPS) is 11.5. The monoisotopic (exact) mass is 504 g/mol. The summed E-state index contributed by atoms with van der Waals surface area (Å²) in [6.07, 6.45) is 0. The summed E-state index contributed by atoms with van der Waals surface area (Å²) in [6.45, 7) is 0. The van der Waals surface area contributed by atoms with E-state index in [9.17, 15) is 39.6 Å². The SMILES string of the molecule is O=C(O)c1scc2c1-c1c(csc1C(=O)O)-c1csc(C(=O)O)c1-c1c-2csc1C(=O)O. The third-order valence-corrected chi connectivity index (χ3v) is 8.89. The van der Waals surface area contributed by atoms with Crippen molar-refractivity contribution in [2.24, 2.45) is 0 Å². The van der Waals surface area contributed by atoms with Crippen molar-refractivity contribution in [2.45, 2.75) is 0 Å². The first kappa shape index (κ1) is 20.6. The molecule has 0 bridgehead atoms. The van der Waals surface area contributed by atoms with Gasteiger partial charge in [0.2, 0.25) is 0 Å². The van der Waals surface area contributed by atoms with E-state index < -0.39 is 23.9 Å². The lowest BCUT2D eigenvalue weighted by Crippen LogP contribution is -2.04. The van der Waals surface area contributed by atoms with Crippen LogP contribution in [-0.4, -0.2) is 44.3 Å². The van der Waals surface area contributed by atoms with E-state index in [1.165, 1.54) is 0 Å². The van der Waals surface area contributed by atoms with Gasteiger partial charge in [0.05, 0.1) is 0 Å². The standard InChI is InChI=1S/C20H8O8S4/c21-17(22)13-9-5(1-29-13)6-2-30-14(18(23)24)10(6)12-8(4-32-16(12)20(27)28)7-3-31-15(11(7)9)19(25)26/h1-4H,(H,21,22)(H,23,24)(H,25,26)(H,27,28). The zero-order valence-electron chi connectivity index (χ0n) is 15.4. The molecule has 1 aliphatic rings. The number of carbonyl (C=O) groups is 4. The minimum Gasteiger partial charge on any atom is -0.477 e. The Kier molecular flexibility index (Phi) is 4.57. The number of rotatable bonds is 4. The zero-order chi connectivity index (χ0) is 22.9. The van der Waals surface area contributed by atoms with Gasteiger partial charge in [0.25, 0.3) is 0 Å². The van der Waals surface area contributed by atoms with Crippen molar-refractivity contribution in [1.29, 1.82) is 0 Å². The quantitative estimate of drug-likeness (QED) is 0.243. The van der Waals surface area contributed by atoms with E-state index >= 15 is 0 Å². The van der Waals surface area contributed by atoms with Crippen LogP contribution in [0.25, 0.3) is 44.5 Å². The third kappa shape index (κ3) is 2.70. The Morgan fingerprint density at radius 1 is 0.438 bits per heavy atom. The summed E-state index contributed by atoms with van der Waals surface area (Å²) >= 11 is 3.63. The molecule has 4 aromatic rings. The van der Waals surface area contributed by atoms with Crippen molar-refractivity contribution in [1.82, 2.24) is 0 Å². The Balaban J connectivity index is 2.04. The minimum atomic E-state index is -1.24. The fraction of sp³-hybridized carbons (Fsp3) is 0. The molecule has 0 aliphatic heterocycles. The van der Waals surface area contributed by atoms with Crippen molar-refractivity contribution in [3.63, 3.8) is 0 Å². The van der Waals surface area contributed by atoms with Gasteiger partial charge in [0.15, 0.2) is 0 Å². The molecule has 0 radical (unpaired) electrons. The molecule has 0 spiro atoms. The van der Waals surface area contributed by atoms with Crippen LogP contribution in [-0.2, 0) is 0 Å². The maximum Gasteiger partial charge on any atom is 0.346 e. The van der Waals surface area contributed by atoms with E-state index in [4.69, 9.17) is 0 Å². The molecular formula is C20H8O8S4. The topological polar surface area (TPSA) is 149 Å². The number of hydrogen-bond donors (Lipinski definition) is 4. The van der Waals surface area contributed by atoms with Gasteiger partial charge in [-0.2, -0.15) is 0 Å². The molecule has 0 amide bonds. The van der Waals surface area contributed by atoms with Gasteiger partial charge < -0.3 is 20.4 Å². The summed E-state index contributed by atoms with van der Waals surface area (Å²) in [4.78, 5) is 47.7. The van der Waals surface area contributed by atoms with E-state index in [0.717, 1.165) is 45.3 Å². The van der Waals surface area contributed by atoms with Crippen LogP contribution in [0.5, 0.6) is 0 Å². The van der Waals surface area contributed by atoms with Crippen LogP contribution in [0.1, 0.15) is 38.7 Å². The van der Waals surface area contributed by atoms with Crippen LogP contribution >= 0.6 is 45.3 Å². The maximum absolute atomic E-state index is 12.0. The lowest BCUT2D eigenvalue weighted by atomic mass is 9.84. The molecule has 4 aromatic heterocycles. The predicted molar refractivity (Wildman–Crippen MR) is 121 cm³/mol. The number of carboxylic acid groups (broad SMARTS) is 4. The van der Waals surface area contributed by atoms with Crippen molar-refractivity contribution in [2.75, 3.05) is 0 Å². The van der Waals surface area contributed by atoms with Crippen LogP contribution in [0.4, 0.5) is 0 Å². The largest absolute Gasteiger partial charge is 0.477 e. The second-order valence-corrected chi connectivity index (χ2v) is 10.2. The highest BCUT2D eigenvalue weighted by Crippen LogP contribution is 2.56. The van der Waals surface area contributed by atoms with Crippen LogP contribution in [0, 0.1) is 0 Å². The molecule has 0 atom stereocenters. The number of hydrogen-bond acceptors (Lipinski definition) is 8. The summed E-state index contributed by atoms with van der Waals surface area (Å²) in [5.41, 5.74) is 2.23. The Bertz CT molecular complexity index is 1270. The molecule has 4 heterocycles. The van der Waals surface area contributed by atoms with Crippen LogP contribution in [0.15, 0.2) is 21.5 Å². The molecule has 0 aromatic carbocycles. The highest BCUT2D eigenvalue weighted by Gasteiger charge is 2.36. The molecule has 0 fully saturated rings. The molecule has 1 aliphatic carbocycles. The molecular weight excluding hydrogens is 496 g/mol. The highest BCUT2D eigenvalue weighted by atomic mass is 32.1. The average molecular weight is 505 g/mol. The third-order valence-electron chi connectivity index (χ3n) is 5.02. The highest BCUT2D eigenvalue weighted by molar-refractivity contribution is 7.16. The summed E-state index contributed by atoms with van der Waals surface area (Å²) in [6, 6.07) is 0. The molecule has 0 unspecified atom stereocenters. The number of aromatic carboxylic acids is 4. The first-order valence-corrected chi connectivity index (χ1v) is 12.1. The van der Waals surface area contributed by atoms with Gasteiger partial charge in [-0.25, -0.2) is 19.2 Å². The summed E-state index contributed by atoms with van der Waals surface area (Å²) in [5, 5.41) is 45.4. The fourth-order valence-corrected chi connectivity index (χ4v) is 7.49. The first-order valence-electron chi connectivity index (χ1n) is 8.62. The Morgan fingerprint density at radius 3 is 0.781 bits per heavy atom. The van der Waals surface area contributed by atoms with Gasteiger partial charge in [-0.3, -0.25) is 0 Å². The smallest absolute Gasteiger partial charge is 0.346 e. The molecule has 32 heavy (non-hydrogen) atoms. The Labute approximate surface area is 193 Å². The predicted octanol–water partition coefficient (Wildman–Crippen LogP) is 5.71. The number of carboxylic acids is 4. The molecule has 12 heteroatoms. The van der Waals surface area contributed by atoms with Crippen molar-refractivity contribution in [3.8, 4) is 44.5 Å². The average Bonchev–Trinajstić information content (AvgIpc) is 3.46. The minimum absolute atomic E-state index is 0.0756. The molecule has 0 saturated carbocycles. The number of fused-ring (bicyclic) bond motifs is 8. The van der Waals surface area contributed by atoms with Gasteiger partial charge >= 0.3 is 23.9 Å². The van der Waals surface area contributed by atoms with E-state index in [2.05, 4.69) is 0 Å². The second kappa shape index (κ2) is 7.10. The van der Waals surface area contributed by atoms with Crippen LogP contribution in [0.3, 0.4) is 0 Å². The number of thiophene rings is 4. The van der Waals surface area contributed by atoms with Crippen molar-refractivity contribution in [3.05, 3.63) is 41.0 Å². The molecule has 4 N–H and O–H groups in total.